The molecule has 0 saturated heterocycles. The molecule has 3 heteroatoms. The van der Waals surface area contributed by atoms with Crippen LogP contribution in [0.15, 0.2) is 95.6 Å². The molecule has 3 nitrogen and oxygen atoms in total. The number of allylic oxidation sites excluding steroid dienone is 1. The van der Waals surface area contributed by atoms with Crippen molar-refractivity contribution in [3.8, 4) is 0 Å². The number of fused-ring (bicyclic) bond motifs is 1. The lowest BCUT2D eigenvalue weighted by Gasteiger charge is -2.30. The topological polar surface area (TPSA) is 18.8 Å². The van der Waals surface area contributed by atoms with Gasteiger partial charge in [0.2, 0.25) is 0 Å². The van der Waals surface area contributed by atoms with Crippen LogP contribution < -0.4 is 9.91 Å². The summed E-state index contributed by atoms with van der Waals surface area (Å²) >= 11 is 0. The molecule has 156 valence electrons. The van der Waals surface area contributed by atoms with Crippen LogP contribution in [-0.2, 0) is 0 Å². The lowest BCUT2D eigenvalue weighted by atomic mass is 9.77. The Balaban J connectivity index is 1.54. The van der Waals surface area contributed by atoms with E-state index in [1.54, 1.807) is 0 Å². The molecule has 0 amide bonds. The highest BCUT2D eigenvalue weighted by atomic mass is 15.5. The van der Waals surface area contributed by atoms with E-state index in [1.165, 1.54) is 40.9 Å². The van der Waals surface area contributed by atoms with Crippen LogP contribution in [0.5, 0.6) is 0 Å². The highest BCUT2D eigenvalue weighted by Crippen LogP contribution is 2.46. The van der Waals surface area contributed by atoms with Crippen molar-refractivity contribution in [1.29, 1.82) is 0 Å². The molecule has 2 atom stereocenters. The molecule has 0 aromatic heterocycles. The molecule has 0 bridgehead atoms. The molecule has 5 rings (SSSR count). The Kier molecular flexibility index (Phi) is 5.33. The lowest BCUT2D eigenvalue weighted by Crippen LogP contribution is -2.28. The van der Waals surface area contributed by atoms with Crippen molar-refractivity contribution in [3.63, 3.8) is 0 Å². The second-order valence-corrected chi connectivity index (χ2v) is 8.68. The molecule has 1 aliphatic carbocycles. The van der Waals surface area contributed by atoms with E-state index in [4.69, 9.17) is 5.10 Å². The zero-order valence-electron chi connectivity index (χ0n) is 18.3. The van der Waals surface area contributed by atoms with Crippen molar-refractivity contribution in [2.45, 2.75) is 25.3 Å². The molecule has 0 unspecified atom stereocenters. The monoisotopic (exact) mass is 407 g/mol. The molecule has 1 heterocycles. The molecule has 1 fully saturated rings. The third-order valence-electron chi connectivity index (χ3n) is 6.41. The summed E-state index contributed by atoms with van der Waals surface area (Å²) in [5.74, 6) is 0.420. The van der Waals surface area contributed by atoms with Gasteiger partial charge < -0.3 is 4.90 Å². The van der Waals surface area contributed by atoms with Crippen LogP contribution in [0, 0.1) is 5.92 Å². The fourth-order valence-electron chi connectivity index (χ4n) is 4.85. The number of anilines is 2. The van der Waals surface area contributed by atoms with Crippen LogP contribution >= 0.6 is 0 Å². The van der Waals surface area contributed by atoms with Gasteiger partial charge in [-0.15, -0.1) is 0 Å². The fourth-order valence-corrected chi connectivity index (χ4v) is 4.85. The molecule has 31 heavy (non-hydrogen) atoms. The fraction of sp³-hybridized carbons (Fsp3) is 0.250. The minimum Gasteiger partial charge on any atom is -0.378 e. The number of nitrogens with zero attached hydrogens (tertiary/aromatic N) is 3. The minimum atomic E-state index is 0.249. The summed E-state index contributed by atoms with van der Waals surface area (Å²) in [7, 11) is 4.16. The number of hydrazone groups is 1. The molecule has 1 saturated carbocycles. The highest BCUT2D eigenvalue weighted by Gasteiger charge is 2.41. The van der Waals surface area contributed by atoms with Crippen molar-refractivity contribution >= 4 is 23.2 Å². The summed E-state index contributed by atoms with van der Waals surface area (Å²) < 4.78 is 0. The van der Waals surface area contributed by atoms with Crippen molar-refractivity contribution in [2.24, 2.45) is 11.0 Å². The summed E-state index contributed by atoms with van der Waals surface area (Å²) in [6.07, 6.45) is 5.83. The van der Waals surface area contributed by atoms with Gasteiger partial charge in [-0.3, -0.25) is 5.01 Å². The Morgan fingerprint density at radius 1 is 0.871 bits per heavy atom. The number of rotatable bonds is 4. The Labute approximate surface area is 185 Å². The third-order valence-corrected chi connectivity index (χ3v) is 6.41. The number of hydrogen-bond acceptors (Lipinski definition) is 3. The molecule has 0 N–H and O–H groups in total. The molecule has 0 radical (unpaired) electrons. The van der Waals surface area contributed by atoms with Gasteiger partial charge in [0, 0.05) is 25.7 Å². The SMILES string of the molecule is CN(C)c1ccc(/C=C2/CCC[C@@H]3C2=NN(c2ccccc2)[C@H]3c2ccccc2)cc1. The first kappa shape index (κ1) is 19.6. The molecule has 2 aliphatic rings. The van der Waals surface area contributed by atoms with Crippen LogP contribution in [0.2, 0.25) is 0 Å². The molecule has 0 spiro atoms. The van der Waals surface area contributed by atoms with E-state index in [9.17, 15) is 0 Å². The molecular formula is C28H29N3. The smallest absolute Gasteiger partial charge is 0.0859 e. The second-order valence-electron chi connectivity index (χ2n) is 8.68. The van der Waals surface area contributed by atoms with Crippen molar-refractivity contribution in [3.05, 3.63) is 102 Å². The summed E-state index contributed by atoms with van der Waals surface area (Å²) in [6.45, 7) is 0. The minimum absolute atomic E-state index is 0.249. The van der Waals surface area contributed by atoms with Gasteiger partial charge >= 0.3 is 0 Å². The largest absolute Gasteiger partial charge is 0.378 e. The van der Waals surface area contributed by atoms with E-state index in [1.807, 2.05) is 0 Å². The van der Waals surface area contributed by atoms with Gasteiger partial charge in [0.05, 0.1) is 17.4 Å². The maximum Gasteiger partial charge on any atom is 0.0859 e. The Hall–Kier alpha value is -3.33. The zero-order valence-corrected chi connectivity index (χ0v) is 18.3. The summed E-state index contributed by atoms with van der Waals surface area (Å²) in [5, 5.41) is 7.49. The van der Waals surface area contributed by atoms with E-state index in [2.05, 4.69) is 115 Å². The first-order valence-electron chi connectivity index (χ1n) is 11.2. The summed E-state index contributed by atoms with van der Waals surface area (Å²) in [5.41, 5.74) is 7.62. The zero-order chi connectivity index (χ0) is 21.2. The van der Waals surface area contributed by atoms with E-state index in [-0.39, 0.29) is 6.04 Å². The van der Waals surface area contributed by atoms with Crippen LogP contribution in [0.1, 0.15) is 36.4 Å². The van der Waals surface area contributed by atoms with Gasteiger partial charge in [0.1, 0.15) is 0 Å². The van der Waals surface area contributed by atoms with E-state index >= 15 is 0 Å². The predicted molar refractivity (Wildman–Crippen MR) is 132 cm³/mol. The van der Waals surface area contributed by atoms with Gasteiger partial charge in [-0.25, -0.2) is 0 Å². The molecule has 3 aromatic carbocycles. The molecule has 1 aliphatic heterocycles. The van der Waals surface area contributed by atoms with E-state index < -0.39 is 0 Å². The predicted octanol–water partition coefficient (Wildman–Crippen LogP) is 6.55. The van der Waals surface area contributed by atoms with E-state index in [0.29, 0.717) is 5.92 Å². The maximum atomic E-state index is 5.23. The van der Waals surface area contributed by atoms with Crippen molar-refractivity contribution in [2.75, 3.05) is 24.0 Å². The van der Waals surface area contributed by atoms with Crippen LogP contribution in [0.4, 0.5) is 11.4 Å². The Morgan fingerprint density at radius 3 is 2.23 bits per heavy atom. The summed E-state index contributed by atoms with van der Waals surface area (Å²) in [4.78, 5) is 2.14. The number of benzene rings is 3. The standard InChI is InChI=1S/C28H29N3/c1-30(2)24-18-16-21(17-19-24)20-23-12-9-15-26-27(23)29-31(25-13-7-4-8-14-25)28(26)22-10-5-3-6-11-22/h3-8,10-11,13-14,16-20,26,28H,9,12,15H2,1-2H3/b23-20-/t26-,28+/m1/s1. The van der Waals surface area contributed by atoms with Crippen molar-refractivity contribution < 1.29 is 0 Å². The van der Waals surface area contributed by atoms with Crippen LogP contribution in [0.3, 0.4) is 0 Å². The third kappa shape index (κ3) is 3.88. The van der Waals surface area contributed by atoms with Gasteiger partial charge in [0.25, 0.3) is 0 Å². The Bertz CT molecular complexity index is 1080. The average Bonchev–Trinajstić information content (AvgIpc) is 3.21. The summed E-state index contributed by atoms with van der Waals surface area (Å²) in [6, 6.07) is 30.5. The van der Waals surface area contributed by atoms with Gasteiger partial charge in [-0.05, 0) is 66.3 Å². The lowest BCUT2D eigenvalue weighted by molar-refractivity contribution is 0.488. The quantitative estimate of drug-likeness (QED) is 0.488. The van der Waals surface area contributed by atoms with Crippen LogP contribution in [0.25, 0.3) is 6.08 Å². The molecular weight excluding hydrogens is 378 g/mol. The highest BCUT2D eigenvalue weighted by molar-refractivity contribution is 6.08. The first-order chi connectivity index (χ1) is 15.2. The normalized spacial score (nSPS) is 21.7. The Morgan fingerprint density at radius 2 is 1.55 bits per heavy atom. The molecule has 3 aromatic rings. The average molecular weight is 408 g/mol. The number of para-hydroxylation sites is 1. The van der Waals surface area contributed by atoms with E-state index in [0.717, 1.165) is 12.1 Å². The maximum absolute atomic E-state index is 5.23. The van der Waals surface area contributed by atoms with Crippen LogP contribution in [-0.4, -0.2) is 19.8 Å². The van der Waals surface area contributed by atoms with Gasteiger partial charge in [0.15, 0.2) is 0 Å². The first-order valence-corrected chi connectivity index (χ1v) is 11.2. The second kappa shape index (κ2) is 8.43. The van der Waals surface area contributed by atoms with Gasteiger partial charge in [-0.1, -0.05) is 60.7 Å². The van der Waals surface area contributed by atoms with Gasteiger partial charge in [-0.2, -0.15) is 5.10 Å². The number of hydrogen-bond donors (Lipinski definition) is 0. The van der Waals surface area contributed by atoms with Crippen molar-refractivity contribution in [1.82, 2.24) is 0 Å².